The highest BCUT2D eigenvalue weighted by Gasteiger charge is 2.02. The van der Waals surface area contributed by atoms with Crippen molar-refractivity contribution < 1.29 is 9.13 Å². The Labute approximate surface area is 128 Å². The van der Waals surface area contributed by atoms with Gasteiger partial charge in [0, 0.05) is 11.8 Å². The first-order valence-corrected chi connectivity index (χ1v) is 8.42. The van der Waals surface area contributed by atoms with Crippen LogP contribution in [-0.2, 0) is 0 Å². The largest absolute Gasteiger partial charge is 0.491 e. The van der Waals surface area contributed by atoms with Crippen LogP contribution in [0.5, 0.6) is 5.75 Å². The SMILES string of the molecule is CCCCCCCCCCCCOc1ccc(N)cc1F. The Morgan fingerprint density at radius 1 is 0.905 bits per heavy atom. The zero-order valence-corrected chi connectivity index (χ0v) is 13.4. The van der Waals surface area contributed by atoms with E-state index in [0.29, 0.717) is 18.0 Å². The number of hydrogen-bond acceptors (Lipinski definition) is 2. The van der Waals surface area contributed by atoms with Crippen molar-refractivity contribution in [1.82, 2.24) is 0 Å². The third-order valence-electron chi connectivity index (χ3n) is 3.71. The molecule has 0 aromatic heterocycles. The highest BCUT2D eigenvalue weighted by Crippen LogP contribution is 2.19. The van der Waals surface area contributed by atoms with Gasteiger partial charge in [0.2, 0.25) is 0 Å². The molecule has 3 heteroatoms. The van der Waals surface area contributed by atoms with Gasteiger partial charge in [0.25, 0.3) is 0 Å². The predicted octanol–water partition coefficient (Wildman–Crippen LogP) is 5.71. The number of nitrogen functional groups attached to an aromatic ring is 1. The van der Waals surface area contributed by atoms with Crippen LogP contribution in [0.4, 0.5) is 10.1 Å². The van der Waals surface area contributed by atoms with Crippen LogP contribution < -0.4 is 10.5 Å². The van der Waals surface area contributed by atoms with Crippen LogP contribution in [0.2, 0.25) is 0 Å². The Bertz CT molecular complexity index is 381. The maximum atomic E-state index is 13.4. The molecule has 0 fully saturated rings. The van der Waals surface area contributed by atoms with Gasteiger partial charge in [-0.05, 0) is 18.6 Å². The number of benzene rings is 1. The fourth-order valence-electron chi connectivity index (χ4n) is 2.41. The van der Waals surface area contributed by atoms with Crippen LogP contribution in [0.25, 0.3) is 0 Å². The van der Waals surface area contributed by atoms with Crippen LogP contribution >= 0.6 is 0 Å². The van der Waals surface area contributed by atoms with Gasteiger partial charge in [-0.2, -0.15) is 0 Å². The lowest BCUT2D eigenvalue weighted by molar-refractivity contribution is 0.290. The highest BCUT2D eigenvalue weighted by molar-refractivity contribution is 5.42. The van der Waals surface area contributed by atoms with E-state index in [1.807, 2.05) is 0 Å². The van der Waals surface area contributed by atoms with Crippen LogP contribution in [0.15, 0.2) is 18.2 Å². The fourth-order valence-corrected chi connectivity index (χ4v) is 2.41. The van der Waals surface area contributed by atoms with Gasteiger partial charge in [-0.1, -0.05) is 64.7 Å². The summed E-state index contributed by atoms with van der Waals surface area (Å²) >= 11 is 0. The van der Waals surface area contributed by atoms with Crippen molar-refractivity contribution in [1.29, 1.82) is 0 Å². The molecule has 1 aromatic rings. The number of hydrogen-bond donors (Lipinski definition) is 1. The number of ether oxygens (including phenoxy) is 1. The molecule has 1 rings (SSSR count). The zero-order valence-electron chi connectivity index (χ0n) is 13.4. The van der Waals surface area contributed by atoms with Crippen LogP contribution in [0, 0.1) is 5.82 Å². The molecular formula is C18H30FNO. The van der Waals surface area contributed by atoms with E-state index in [4.69, 9.17) is 10.5 Å². The fraction of sp³-hybridized carbons (Fsp3) is 0.667. The molecule has 0 bridgehead atoms. The van der Waals surface area contributed by atoms with E-state index in [0.717, 1.165) is 12.8 Å². The molecule has 0 amide bonds. The molecule has 21 heavy (non-hydrogen) atoms. The lowest BCUT2D eigenvalue weighted by Crippen LogP contribution is -2.00. The van der Waals surface area contributed by atoms with Gasteiger partial charge in [0.15, 0.2) is 11.6 Å². The Morgan fingerprint density at radius 2 is 1.48 bits per heavy atom. The molecular weight excluding hydrogens is 265 g/mol. The summed E-state index contributed by atoms with van der Waals surface area (Å²) in [7, 11) is 0. The maximum absolute atomic E-state index is 13.4. The second-order valence-electron chi connectivity index (χ2n) is 5.72. The van der Waals surface area contributed by atoms with Crippen LogP contribution in [0.3, 0.4) is 0 Å². The second-order valence-corrected chi connectivity index (χ2v) is 5.72. The van der Waals surface area contributed by atoms with Crippen LogP contribution in [-0.4, -0.2) is 6.61 Å². The van der Waals surface area contributed by atoms with Crippen molar-refractivity contribution in [2.45, 2.75) is 71.1 Å². The van der Waals surface area contributed by atoms with Crippen molar-refractivity contribution in [3.05, 3.63) is 24.0 Å². The third-order valence-corrected chi connectivity index (χ3v) is 3.71. The van der Waals surface area contributed by atoms with E-state index in [9.17, 15) is 4.39 Å². The monoisotopic (exact) mass is 295 g/mol. The van der Waals surface area contributed by atoms with Gasteiger partial charge >= 0.3 is 0 Å². The summed E-state index contributed by atoms with van der Waals surface area (Å²) in [4.78, 5) is 0. The van der Waals surface area contributed by atoms with E-state index in [2.05, 4.69) is 6.92 Å². The highest BCUT2D eigenvalue weighted by atomic mass is 19.1. The third kappa shape index (κ3) is 8.59. The summed E-state index contributed by atoms with van der Waals surface area (Å²) in [6, 6.07) is 4.56. The average Bonchev–Trinajstić information content (AvgIpc) is 2.46. The van der Waals surface area contributed by atoms with Gasteiger partial charge in [-0.15, -0.1) is 0 Å². The lowest BCUT2D eigenvalue weighted by Gasteiger charge is -2.07. The molecule has 0 heterocycles. The molecule has 0 atom stereocenters. The van der Waals surface area contributed by atoms with E-state index < -0.39 is 0 Å². The smallest absolute Gasteiger partial charge is 0.167 e. The number of nitrogens with two attached hydrogens (primary N) is 1. The second kappa shape index (κ2) is 11.4. The quantitative estimate of drug-likeness (QED) is 0.396. The van der Waals surface area contributed by atoms with E-state index in [-0.39, 0.29) is 5.82 Å². The van der Waals surface area contributed by atoms with Gasteiger partial charge in [0.05, 0.1) is 6.61 Å². The summed E-state index contributed by atoms with van der Waals surface area (Å²) in [5.74, 6) is -0.0674. The van der Waals surface area contributed by atoms with Crippen molar-refractivity contribution in [2.24, 2.45) is 0 Å². The average molecular weight is 295 g/mol. The molecule has 120 valence electrons. The summed E-state index contributed by atoms with van der Waals surface area (Å²) < 4.78 is 18.9. The lowest BCUT2D eigenvalue weighted by atomic mass is 10.1. The molecule has 0 saturated carbocycles. The summed E-state index contributed by atoms with van der Waals surface area (Å²) in [6.45, 7) is 2.83. The molecule has 2 N–H and O–H groups in total. The molecule has 0 saturated heterocycles. The summed E-state index contributed by atoms with van der Waals surface area (Å²) in [5, 5.41) is 0. The van der Waals surface area contributed by atoms with Crippen molar-refractivity contribution >= 4 is 5.69 Å². The minimum Gasteiger partial charge on any atom is -0.491 e. The predicted molar refractivity (Wildman–Crippen MR) is 88.2 cm³/mol. The zero-order chi connectivity index (χ0) is 15.3. The van der Waals surface area contributed by atoms with Crippen molar-refractivity contribution in [2.75, 3.05) is 12.3 Å². The van der Waals surface area contributed by atoms with Crippen molar-refractivity contribution in [3.63, 3.8) is 0 Å². The summed E-state index contributed by atoms with van der Waals surface area (Å²) in [5.41, 5.74) is 5.92. The Balaban J connectivity index is 1.93. The van der Waals surface area contributed by atoms with E-state index in [1.54, 1.807) is 12.1 Å². The Kier molecular flexibility index (Phi) is 9.68. The standard InChI is InChI=1S/C18H30FNO/c1-2-3-4-5-6-7-8-9-10-11-14-21-18-13-12-16(20)15-17(18)19/h12-13,15H,2-11,14,20H2,1H3. The number of anilines is 1. The topological polar surface area (TPSA) is 35.2 Å². The molecule has 0 aliphatic heterocycles. The molecule has 0 spiro atoms. The summed E-state index contributed by atoms with van der Waals surface area (Å²) in [6.07, 6.45) is 12.9. The molecule has 0 unspecified atom stereocenters. The van der Waals surface area contributed by atoms with Gasteiger partial charge < -0.3 is 10.5 Å². The van der Waals surface area contributed by atoms with Gasteiger partial charge in [-0.3, -0.25) is 0 Å². The normalized spacial score (nSPS) is 10.8. The maximum Gasteiger partial charge on any atom is 0.167 e. The first-order valence-electron chi connectivity index (χ1n) is 8.42. The minimum atomic E-state index is -0.373. The van der Waals surface area contributed by atoms with Crippen LogP contribution in [0.1, 0.15) is 71.1 Å². The van der Waals surface area contributed by atoms with Gasteiger partial charge in [0.1, 0.15) is 0 Å². The number of unbranched alkanes of at least 4 members (excludes halogenated alkanes) is 9. The van der Waals surface area contributed by atoms with E-state index in [1.165, 1.54) is 57.4 Å². The number of halogens is 1. The first kappa shape index (κ1) is 17.8. The Morgan fingerprint density at radius 3 is 2.05 bits per heavy atom. The first-order chi connectivity index (χ1) is 10.2. The number of rotatable bonds is 12. The molecule has 0 aliphatic carbocycles. The molecule has 1 aromatic carbocycles. The van der Waals surface area contributed by atoms with Crippen molar-refractivity contribution in [3.8, 4) is 5.75 Å². The molecule has 2 nitrogen and oxygen atoms in total. The molecule has 0 aliphatic rings. The Hall–Kier alpha value is -1.25. The molecule has 0 radical (unpaired) electrons. The minimum absolute atomic E-state index is 0.306. The van der Waals surface area contributed by atoms with Gasteiger partial charge in [-0.25, -0.2) is 4.39 Å². The van der Waals surface area contributed by atoms with E-state index >= 15 is 0 Å².